The van der Waals surface area contributed by atoms with Crippen LogP contribution in [-0.2, 0) is 4.74 Å². The molecular formula is C16H19F3O4. The summed E-state index contributed by atoms with van der Waals surface area (Å²) in [6.45, 7) is 1.93. The van der Waals surface area contributed by atoms with E-state index in [1.54, 1.807) is 0 Å². The van der Waals surface area contributed by atoms with Gasteiger partial charge in [0.05, 0.1) is 11.1 Å². The summed E-state index contributed by atoms with van der Waals surface area (Å²) < 4.78 is 43.5. The summed E-state index contributed by atoms with van der Waals surface area (Å²) in [5, 5.41) is 8.98. The molecule has 1 rings (SSSR count). The first kappa shape index (κ1) is 19.0. The fraction of sp³-hybridized carbons (Fsp3) is 0.500. The molecule has 1 aromatic rings. The average Bonchev–Trinajstić information content (AvgIpc) is 2.49. The van der Waals surface area contributed by atoms with Crippen LogP contribution in [0.15, 0.2) is 24.3 Å². The van der Waals surface area contributed by atoms with Gasteiger partial charge in [-0.2, -0.15) is 13.2 Å². The van der Waals surface area contributed by atoms with Gasteiger partial charge in [0.25, 0.3) is 0 Å². The van der Waals surface area contributed by atoms with Crippen LogP contribution in [-0.4, -0.2) is 29.3 Å². The zero-order valence-electron chi connectivity index (χ0n) is 12.7. The Labute approximate surface area is 132 Å². The van der Waals surface area contributed by atoms with Gasteiger partial charge in [-0.1, -0.05) is 38.3 Å². The summed E-state index contributed by atoms with van der Waals surface area (Å²) in [6.07, 6.45) is -4.65. The number of carboxylic acid groups (broad SMARTS) is 1. The largest absolute Gasteiger partial charge is 0.478 e. The first-order valence-corrected chi connectivity index (χ1v) is 7.37. The normalized spacial score (nSPS) is 12.7. The predicted octanol–water partition coefficient (Wildman–Crippen LogP) is 4.44. The third-order valence-corrected chi connectivity index (χ3v) is 3.31. The number of aromatic carboxylic acids is 1. The van der Waals surface area contributed by atoms with Crippen LogP contribution in [0.3, 0.4) is 0 Å². The molecule has 23 heavy (non-hydrogen) atoms. The second kappa shape index (κ2) is 8.55. The van der Waals surface area contributed by atoms with Crippen molar-refractivity contribution in [3.63, 3.8) is 0 Å². The number of carbonyl (C=O) groups is 2. The lowest BCUT2D eigenvalue weighted by Gasteiger charge is -2.21. The van der Waals surface area contributed by atoms with Crippen molar-refractivity contribution in [2.75, 3.05) is 0 Å². The zero-order chi connectivity index (χ0) is 17.5. The molecule has 0 fully saturated rings. The van der Waals surface area contributed by atoms with Crippen molar-refractivity contribution in [2.45, 2.75) is 51.3 Å². The van der Waals surface area contributed by atoms with Crippen LogP contribution >= 0.6 is 0 Å². The lowest BCUT2D eigenvalue weighted by Crippen LogP contribution is -2.34. The van der Waals surface area contributed by atoms with Crippen molar-refractivity contribution >= 4 is 11.9 Å². The Bertz CT molecular complexity index is 540. The Morgan fingerprint density at radius 1 is 1.13 bits per heavy atom. The molecule has 0 saturated heterocycles. The van der Waals surface area contributed by atoms with Gasteiger partial charge in [-0.15, -0.1) is 0 Å². The van der Waals surface area contributed by atoms with Crippen molar-refractivity contribution in [3.05, 3.63) is 35.4 Å². The summed E-state index contributed by atoms with van der Waals surface area (Å²) in [6, 6.07) is 5.03. The van der Waals surface area contributed by atoms with Crippen LogP contribution in [0.25, 0.3) is 0 Å². The van der Waals surface area contributed by atoms with E-state index in [2.05, 4.69) is 4.74 Å². The molecule has 0 aliphatic rings. The van der Waals surface area contributed by atoms with E-state index in [0.717, 1.165) is 25.0 Å². The smallest absolute Gasteiger partial charge is 0.425 e. The van der Waals surface area contributed by atoms with Crippen LogP contribution in [0.5, 0.6) is 0 Å². The number of rotatable bonds is 8. The summed E-state index contributed by atoms with van der Waals surface area (Å²) >= 11 is 0. The highest BCUT2D eigenvalue weighted by Crippen LogP contribution is 2.28. The Morgan fingerprint density at radius 2 is 1.74 bits per heavy atom. The SMILES string of the molecule is CCCCCCC(OC(=O)c1ccccc1C(=O)O)C(F)(F)F. The van der Waals surface area contributed by atoms with Crippen LogP contribution in [0.1, 0.15) is 59.7 Å². The third-order valence-electron chi connectivity index (χ3n) is 3.31. The maximum atomic E-state index is 13.0. The molecule has 0 saturated carbocycles. The molecule has 0 aliphatic heterocycles. The minimum absolute atomic E-state index is 0.284. The Balaban J connectivity index is 2.83. The van der Waals surface area contributed by atoms with Gasteiger partial charge in [0.15, 0.2) is 6.10 Å². The summed E-state index contributed by atoms with van der Waals surface area (Å²) in [5.74, 6) is -2.68. The Hall–Kier alpha value is -2.05. The number of hydrogen-bond acceptors (Lipinski definition) is 3. The highest BCUT2D eigenvalue weighted by Gasteiger charge is 2.42. The monoisotopic (exact) mass is 332 g/mol. The minimum atomic E-state index is -4.68. The van der Waals surface area contributed by atoms with Crippen molar-refractivity contribution in [3.8, 4) is 0 Å². The van der Waals surface area contributed by atoms with Gasteiger partial charge >= 0.3 is 18.1 Å². The van der Waals surface area contributed by atoms with E-state index < -0.39 is 24.2 Å². The number of alkyl halides is 3. The van der Waals surface area contributed by atoms with Gasteiger partial charge in [-0.05, 0) is 25.0 Å². The number of carbonyl (C=O) groups excluding carboxylic acids is 1. The van der Waals surface area contributed by atoms with Crippen LogP contribution in [0.4, 0.5) is 13.2 Å². The van der Waals surface area contributed by atoms with E-state index in [1.807, 2.05) is 6.92 Å². The molecule has 0 aromatic heterocycles. The quantitative estimate of drug-likeness (QED) is 0.564. The molecule has 4 nitrogen and oxygen atoms in total. The first-order chi connectivity index (χ1) is 10.8. The van der Waals surface area contributed by atoms with Gasteiger partial charge in [0.1, 0.15) is 0 Å². The van der Waals surface area contributed by atoms with Crippen molar-refractivity contribution in [1.29, 1.82) is 0 Å². The number of esters is 1. The molecule has 1 unspecified atom stereocenters. The van der Waals surface area contributed by atoms with Gasteiger partial charge in [0, 0.05) is 0 Å². The van der Waals surface area contributed by atoms with Crippen molar-refractivity contribution < 1.29 is 32.6 Å². The molecule has 0 spiro atoms. The minimum Gasteiger partial charge on any atom is -0.478 e. The molecule has 0 amide bonds. The molecule has 0 heterocycles. The number of unbranched alkanes of at least 4 members (excludes halogenated alkanes) is 3. The van der Waals surface area contributed by atoms with Crippen molar-refractivity contribution in [2.24, 2.45) is 0 Å². The first-order valence-electron chi connectivity index (χ1n) is 7.37. The number of carboxylic acids is 1. The lowest BCUT2D eigenvalue weighted by molar-refractivity contribution is -0.206. The highest BCUT2D eigenvalue weighted by molar-refractivity contribution is 6.02. The van der Waals surface area contributed by atoms with Gasteiger partial charge in [-0.25, -0.2) is 9.59 Å². The molecule has 1 N–H and O–H groups in total. The van der Waals surface area contributed by atoms with E-state index in [9.17, 15) is 22.8 Å². The topological polar surface area (TPSA) is 63.6 Å². The number of ether oxygens (including phenoxy) is 1. The van der Waals surface area contributed by atoms with Gasteiger partial charge in [-0.3, -0.25) is 0 Å². The zero-order valence-corrected chi connectivity index (χ0v) is 12.7. The molecule has 7 heteroatoms. The summed E-state index contributed by atoms with van der Waals surface area (Å²) in [5.41, 5.74) is -0.771. The molecule has 128 valence electrons. The van der Waals surface area contributed by atoms with E-state index >= 15 is 0 Å². The fourth-order valence-electron chi connectivity index (χ4n) is 2.09. The molecule has 0 bridgehead atoms. The maximum absolute atomic E-state index is 13.0. The molecule has 0 radical (unpaired) electrons. The summed E-state index contributed by atoms with van der Waals surface area (Å²) in [7, 11) is 0. The van der Waals surface area contributed by atoms with Gasteiger partial charge in [0.2, 0.25) is 0 Å². The second-order valence-electron chi connectivity index (χ2n) is 5.14. The number of halogens is 3. The van der Waals surface area contributed by atoms with E-state index in [4.69, 9.17) is 5.11 Å². The highest BCUT2D eigenvalue weighted by atomic mass is 19.4. The summed E-state index contributed by atoms with van der Waals surface area (Å²) in [4.78, 5) is 23.0. The Kier molecular flexibility index (Phi) is 7.06. The molecular weight excluding hydrogens is 313 g/mol. The fourth-order valence-corrected chi connectivity index (χ4v) is 2.09. The average molecular weight is 332 g/mol. The molecule has 0 aliphatic carbocycles. The number of hydrogen-bond donors (Lipinski definition) is 1. The van der Waals surface area contributed by atoms with E-state index in [0.29, 0.717) is 6.42 Å². The van der Waals surface area contributed by atoms with Crippen LogP contribution in [0, 0.1) is 0 Å². The van der Waals surface area contributed by atoms with Crippen LogP contribution < -0.4 is 0 Å². The van der Waals surface area contributed by atoms with E-state index in [1.165, 1.54) is 12.1 Å². The third kappa shape index (κ3) is 5.92. The molecule has 1 aromatic carbocycles. The van der Waals surface area contributed by atoms with Crippen molar-refractivity contribution in [1.82, 2.24) is 0 Å². The number of benzene rings is 1. The lowest BCUT2D eigenvalue weighted by atomic mass is 10.1. The Morgan fingerprint density at radius 3 is 2.26 bits per heavy atom. The van der Waals surface area contributed by atoms with E-state index in [-0.39, 0.29) is 24.0 Å². The standard InChI is InChI=1S/C16H19F3O4/c1-2-3-4-5-10-13(16(17,18)19)23-15(22)12-9-7-6-8-11(12)14(20)21/h6-9,13H,2-5,10H2,1H3,(H,20,21). The predicted molar refractivity (Wildman–Crippen MR) is 77.4 cm³/mol. The maximum Gasteiger partial charge on any atom is 0.425 e. The van der Waals surface area contributed by atoms with Crippen LogP contribution in [0.2, 0.25) is 0 Å². The van der Waals surface area contributed by atoms with Gasteiger partial charge < -0.3 is 9.84 Å². The molecule has 1 atom stereocenters. The second-order valence-corrected chi connectivity index (χ2v) is 5.14.